The first-order chi connectivity index (χ1) is 13.7. The van der Waals surface area contributed by atoms with Crippen molar-refractivity contribution in [3.63, 3.8) is 0 Å². The molecule has 0 heterocycles. The van der Waals surface area contributed by atoms with Crippen LogP contribution in [0.5, 0.6) is 0 Å². The van der Waals surface area contributed by atoms with Crippen LogP contribution in [-0.4, -0.2) is 24.9 Å². The van der Waals surface area contributed by atoms with Crippen molar-refractivity contribution in [2.75, 3.05) is 0 Å². The summed E-state index contributed by atoms with van der Waals surface area (Å²) in [6.07, 6.45) is 13.7. The van der Waals surface area contributed by atoms with Crippen LogP contribution in [0.15, 0.2) is 11.1 Å². The first-order valence-corrected chi connectivity index (χ1v) is 12.8. The average Bonchev–Trinajstić information content (AvgIpc) is 3.12. The van der Waals surface area contributed by atoms with Crippen molar-refractivity contribution < 1.29 is 26.1 Å². The summed E-state index contributed by atoms with van der Waals surface area (Å²) in [5, 5.41) is -0.561. The van der Waals surface area contributed by atoms with E-state index in [-0.39, 0.29) is 5.41 Å². The molecule has 0 aromatic carbocycles. The average molecular weight is 433 g/mol. The van der Waals surface area contributed by atoms with Gasteiger partial charge in [-0.3, -0.25) is 4.55 Å². The third kappa shape index (κ3) is 2.96. The number of rotatable bonds is 1. The molecule has 0 aromatic heterocycles. The molecule has 0 radical (unpaired) electrons. The van der Waals surface area contributed by atoms with Crippen LogP contribution in [0.3, 0.4) is 0 Å². The highest BCUT2D eigenvalue weighted by atomic mass is 32.2. The molecule has 7 heteroatoms. The predicted molar refractivity (Wildman–Crippen MR) is 104 cm³/mol. The van der Waals surface area contributed by atoms with E-state index in [9.17, 15) is 26.1 Å². The Bertz CT molecular complexity index is 807. The molecule has 3 nitrogen and oxygen atoms in total. The standard InChI is InChI=1S/C21H30O3S.CHF3/c22-25(23,24)19-11-21-14-6-8-15-13(10-14)4-7-16(20(15)19)18(21)9-5-12-2-1-3-17(12)21;2-1(3)4/h12-15,17-19H,1-11H2,(H,22,23,24);1H. The van der Waals surface area contributed by atoms with Crippen LogP contribution >= 0.6 is 0 Å². The topological polar surface area (TPSA) is 54.4 Å². The normalized spacial score (nSPS) is 47.4. The fourth-order valence-electron chi connectivity index (χ4n) is 9.27. The Morgan fingerprint density at radius 1 is 0.966 bits per heavy atom. The van der Waals surface area contributed by atoms with Gasteiger partial charge >= 0.3 is 6.68 Å². The lowest BCUT2D eigenvalue weighted by Crippen LogP contribution is -2.60. The SMILES string of the molecule is FC(F)F.O=S(=O)(O)C1CC23C4CCC5C1=C(CCC5C4)C2CCC1CCCC13. The summed E-state index contributed by atoms with van der Waals surface area (Å²) >= 11 is 0. The van der Waals surface area contributed by atoms with E-state index in [0.29, 0.717) is 23.7 Å². The van der Waals surface area contributed by atoms with Gasteiger partial charge in [0.1, 0.15) is 5.25 Å². The van der Waals surface area contributed by atoms with Gasteiger partial charge in [-0.15, -0.1) is 0 Å². The molecule has 0 aromatic rings. The Balaban J connectivity index is 0.000000419. The molecule has 0 saturated heterocycles. The van der Waals surface area contributed by atoms with Crippen LogP contribution in [-0.2, 0) is 10.1 Å². The molecule has 9 aliphatic carbocycles. The number of hydrogen-bond acceptors (Lipinski definition) is 2. The molecule has 9 rings (SSSR count). The molecule has 1 spiro atoms. The van der Waals surface area contributed by atoms with Crippen molar-refractivity contribution in [2.45, 2.75) is 82.6 Å². The molecule has 8 unspecified atom stereocenters. The fourth-order valence-corrected chi connectivity index (χ4v) is 10.4. The minimum absolute atomic E-state index is 0.197. The molecule has 29 heavy (non-hydrogen) atoms. The Morgan fingerprint density at radius 2 is 1.72 bits per heavy atom. The summed E-state index contributed by atoms with van der Waals surface area (Å²) in [5.41, 5.74) is 2.96. The Morgan fingerprint density at radius 3 is 2.45 bits per heavy atom. The molecule has 8 atom stereocenters. The van der Waals surface area contributed by atoms with Gasteiger partial charge in [0.2, 0.25) is 0 Å². The monoisotopic (exact) mass is 432 g/mol. The number of hydrogen-bond donors (Lipinski definition) is 1. The predicted octanol–water partition coefficient (Wildman–Crippen LogP) is 5.77. The second-order valence-corrected chi connectivity index (χ2v) is 12.0. The van der Waals surface area contributed by atoms with E-state index in [1.54, 1.807) is 0 Å². The van der Waals surface area contributed by atoms with Gasteiger partial charge in [0.15, 0.2) is 0 Å². The lowest BCUT2D eigenvalue weighted by atomic mass is 9.39. The van der Waals surface area contributed by atoms with Crippen LogP contribution in [0.1, 0.15) is 70.6 Å². The second kappa shape index (κ2) is 6.98. The molecule has 1 N–H and O–H groups in total. The van der Waals surface area contributed by atoms with Crippen molar-refractivity contribution in [3.8, 4) is 0 Å². The largest absolute Gasteiger partial charge is 0.379 e. The molecular formula is C22H31F3O3S. The van der Waals surface area contributed by atoms with Crippen LogP contribution < -0.4 is 0 Å². The van der Waals surface area contributed by atoms with Gasteiger partial charge < -0.3 is 0 Å². The Kier molecular flexibility index (Phi) is 4.89. The highest BCUT2D eigenvalue weighted by Crippen LogP contribution is 2.72. The van der Waals surface area contributed by atoms with Gasteiger partial charge in [-0.05, 0) is 104 Å². The summed E-state index contributed by atoms with van der Waals surface area (Å²) in [4.78, 5) is 0. The smallest absolute Gasteiger partial charge is 0.285 e. The van der Waals surface area contributed by atoms with Gasteiger partial charge in [0.25, 0.3) is 10.1 Å². The Hall–Kier alpha value is -0.560. The quantitative estimate of drug-likeness (QED) is 0.422. The molecule has 6 bridgehead atoms. The first-order valence-electron chi connectivity index (χ1n) is 11.3. The van der Waals surface area contributed by atoms with Crippen molar-refractivity contribution >= 4 is 10.1 Å². The van der Waals surface area contributed by atoms with Crippen molar-refractivity contribution in [1.29, 1.82) is 0 Å². The van der Waals surface area contributed by atoms with Crippen LogP contribution in [0, 0.1) is 40.9 Å². The van der Waals surface area contributed by atoms with Gasteiger partial charge in [0.05, 0.1) is 0 Å². The second-order valence-electron chi connectivity index (χ2n) is 10.4. The van der Waals surface area contributed by atoms with E-state index in [2.05, 4.69) is 0 Å². The zero-order chi connectivity index (χ0) is 20.6. The molecule has 164 valence electrons. The molecular weight excluding hydrogens is 401 g/mol. The lowest BCUT2D eigenvalue weighted by molar-refractivity contribution is -0.102. The fraction of sp³-hybridized carbons (Fsp3) is 0.909. The number of alkyl halides is 3. The maximum absolute atomic E-state index is 12.5. The van der Waals surface area contributed by atoms with Crippen molar-refractivity contribution in [2.24, 2.45) is 40.9 Å². The van der Waals surface area contributed by atoms with Gasteiger partial charge in [-0.1, -0.05) is 18.4 Å². The van der Waals surface area contributed by atoms with E-state index in [0.717, 1.165) is 24.7 Å². The minimum Gasteiger partial charge on any atom is -0.285 e. The van der Waals surface area contributed by atoms with E-state index in [1.807, 2.05) is 0 Å². The van der Waals surface area contributed by atoms with Crippen LogP contribution in [0.4, 0.5) is 13.2 Å². The van der Waals surface area contributed by atoms with E-state index in [1.165, 1.54) is 68.9 Å². The van der Waals surface area contributed by atoms with E-state index >= 15 is 0 Å². The summed E-state index contributed by atoms with van der Waals surface area (Å²) < 4.78 is 64.2. The summed E-state index contributed by atoms with van der Waals surface area (Å²) in [6, 6.07) is 0. The third-order valence-electron chi connectivity index (χ3n) is 9.79. The van der Waals surface area contributed by atoms with Crippen molar-refractivity contribution in [1.82, 2.24) is 0 Å². The highest BCUT2D eigenvalue weighted by molar-refractivity contribution is 7.86. The van der Waals surface area contributed by atoms with Crippen LogP contribution in [0.25, 0.3) is 0 Å². The number of fused-ring (bicyclic) bond motifs is 2. The van der Waals surface area contributed by atoms with Gasteiger partial charge in [0, 0.05) is 0 Å². The minimum atomic E-state index is -3.98. The summed E-state index contributed by atoms with van der Waals surface area (Å²) in [7, 11) is -3.98. The summed E-state index contributed by atoms with van der Waals surface area (Å²) in [5.74, 6) is 4.08. The molecule has 6 fully saturated rings. The third-order valence-corrected chi connectivity index (χ3v) is 10.9. The molecule has 0 amide bonds. The first kappa shape index (κ1) is 20.3. The van der Waals surface area contributed by atoms with Crippen LogP contribution in [0.2, 0.25) is 0 Å². The maximum Gasteiger partial charge on any atom is 0.379 e. The highest BCUT2D eigenvalue weighted by Gasteiger charge is 2.65. The molecule has 6 saturated carbocycles. The number of halogens is 3. The zero-order valence-electron chi connectivity index (χ0n) is 16.7. The number of allylic oxidation sites excluding steroid dienone is 1. The van der Waals surface area contributed by atoms with E-state index < -0.39 is 22.0 Å². The maximum atomic E-state index is 12.5. The molecule has 9 aliphatic rings. The Labute approximate surface area is 171 Å². The van der Waals surface area contributed by atoms with E-state index in [4.69, 9.17) is 0 Å². The lowest BCUT2D eigenvalue weighted by Gasteiger charge is -2.66. The molecule has 0 aliphatic heterocycles. The zero-order valence-corrected chi connectivity index (χ0v) is 17.5. The van der Waals surface area contributed by atoms with Gasteiger partial charge in [-0.25, -0.2) is 0 Å². The summed E-state index contributed by atoms with van der Waals surface area (Å²) in [6.45, 7) is -3.67. The van der Waals surface area contributed by atoms with Crippen molar-refractivity contribution in [3.05, 3.63) is 11.1 Å². The van der Waals surface area contributed by atoms with Gasteiger partial charge in [-0.2, -0.15) is 21.6 Å².